The van der Waals surface area contributed by atoms with Crippen molar-refractivity contribution in [2.75, 3.05) is 20.8 Å². The second-order valence-electron chi connectivity index (χ2n) is 6.38. The maximum absolute atomic E-state index is 12.6. The predicted octanol–water partition coefficient (Wildman–Crippen LogP) is 2.27. The normalized spacial score (nSPS) is 10.4. The maximum Gasteiger partial charge on any atom is 0.286 e. The molecule has 0 bridgehead atoms. The van der Waals surface area contributed by atoms with E-state index in [0.29, 0.717) is 5.69 Å². The highest BCUT2D eigenvalue weighted by molar-refractivity contribution is 5.99. The summed E-state index contributed by atoms with van der Waals surface area (Å²) in [6.45, 7) is 0.127. The molecule has 10 heteroatoms. The number of carbonyl (C=O) groups excluding carboxylic acids is 1. The fourth-order valence-electron chi connectivity index (χ4n) is 2.94. The van der Waals surface area contributed by atoms with Crippen LogP contribution in [0.1, 0.15) is 10.4 Å². The first-order chi connectivity index (χ1) is 14.9. The van der Waals surface area contributed by atoms with E-state index in [1.54, 1.807) is 6.07 Å². The van der Waals surface area contributed by atoms with Crippen molar-refractivity contribution in [1.82, 2.24) is 15.1 Å². The molecule has 1 amide bonds. The Kier molecular flexibility index (Phi) is 6.61. The van der Waals surface area contributed by atoms with Crippen LogP contribution in [0.25, 0.3) is 11.3 Å². The molecule has 31 heavy (non-hydrogen) atoms. The Labute approximate surface area is 177 Å². The van der Waals surface area contributed by atoms with Gasteiger partial charge in [0.05, 0.1) is 37.4 Å². The van der Waals surface area contributed by atoms with E-state index in [1.807, 2.05) is 30.3 Å². The lowest BCUT2D eigenvalue weighted by atomic mass is 10.1. The number of hydrogen-bond acceptors (Lipinski definition) is 7. The van der Waals surface area contributed by atoms with Gasteiger partial charge in [-0.3, -0.25) is 19.7 Å². The van der Waals surface area contributed by atoms with Gasteiger partial charge < -0.3 is 14.8 Å². The molecule has 1 aromatic heterocycles. The van der Waals surface area contributed by atoms with Crippen LogP contribution in [0.4, 0.5) is 5.69 Å². The van der Waals surface area contributed by atoms with E-state index < -0.39 is 16.5 Å². The van der Waals surface area contributed by atoms with Crippen LogP contribution in [0.5, 0.6) is 11.5 Å². The Hall–Kier alpha value is -4.21. The molecule has 10 nitrogen and oxygen atoms in total. The molecule has 3 rings (SSSR count). The third-order valence-electron chi connectivity index (χ3n) is 4.49. The van der Waals surface area contributed by atoms with Gasteiger partial charge in [-0.1, -0.05) is 30.3 Å². The van der Waals surface area contributed by atoms with Crippen LogP contribution in [-0.2, 0) is 6.54 Å². The second kappa shape index (κ2) is 9.53. The molecule has 0 aliphatic rings. The number of nitro groups is 1. The van der Waals surface area contributed by atoms with Gasteiger partial charge in [0.1, 0.15) is 5.56 Å². The van der Waals surface area contributed by atoms with Gasteiger partial charge in [-0.05, 0) is 6.07 Å². The highest BCUT2D eigenvalue weighted by Gasteiger charge is 2.24. The molecule has 2 aromatic carbocycles. The molecule has 160 valence electrons. The van der Waals surface area contributed by atoms with Crippen LogP contribution in [0.3, 0.4) is 0 Å². The summed E-state index contributed by atoms with van der Waals surface area (Å²) in [4.78, 5) is 35.4. The van der Waals surface area contributed by atoms with Gasteiger partial charge in [-0.2, -0.15) is 5.10 Å². The van der Waals surface area contributed by atoms with Crippen molar-refractivity contribution in [1.29, 1.82) is 0 Å². The number of benzene rings is 2. The van der Waals surface area contributed by atoms with Crippen LogP contribution in [0.2, 0.25) is 0 Å². The van der Waals surface area contributed by atoms with Crippen molar-refractivity contribution in [3.63, 3.8) is 0 Å². The number of ether oxygens (including phenoxy) is 2. The second-order valence-corrected chi connectivity index (χ2v) is 6.38. The van der Waals surface area contributed by atoms with Gasteiger partial charge in [-0.15, -0.1) is 0 Å². The molecule has 0 aliphatic heterocycles. The van der Waals surface area contributed by atoms with E-state index in [1.165, 1.54) is 31.0 Å². The van der Waals surface area contributed by atoms with Crippen molar-refractivity contribution < 1.29 is 19.2 Å². The Balaban J connectivity index is 1.76. The van der Waals surface area contributed by atoms with E-state index in [0.717, 1.165) is 11.6 Å². The molecular formula is C21H20N4O6. The number of rotatable bonds is 8. The van der Waals surface area contributed by atoms with Gasteiger partial charge >= 0.3 is 0 Å². The molecule has 0 unspecified atom stereocenters. The van der Waals surface area contributed by atoms with Crippen LogP contribution in [0.15, 0.2) is 59.4 Å². The molecule has 1 heterocycles. The summed E-state index contributed by atoms with van der Waals surface area (Å²) in [5.41, 5.74) is 0.534. The summed E-state index contributed by atoms with van der Waals surface area (Å²) >= 11 is 0. The van der Waals surface area contributed by atoms with Gasteiger partial charge in [0.2, 0.25) is 0 Å². The lowest BCUT2D eigenvalue weighted by Gasteiger charge is -2.11. The lowest BCUT2D eigenvalue weighted by molar-refractivity contribution is -0.385. The first kappa shape index (κ1) is 21.5. The maximum atomic E-state index is 12.6. The summed E-state index contributed by atoms with van der Waals surface area (Å²) in [5, 5.41) is 18.3. The summed E-state index contributed by atoms with van der Waals surface area (Å²) < 4.78 is 11.4. The number of hydrogen-bond donors (Lipinski definition) is 1. The summed E-state index contributed by atoms with van der Waals surface area (Å²) in [7, 11) is 2.71. The zero-order valence-corrected chi connectivity index (χ0v) is 16.9. The smallest absolute Gasteiger partial charge is 0.286 e. The van der Waals surface area contributed by atoms with E-state index in [9.17, 15) is 19.7 Å². The van der Waals surface area contributed by atoms with Crippen molar-refractivity contribution in [2.45, 2.75) is 6.54 Å². The minimum Gasteiger partial charge on any atom is -0.493 e. The van der Waals surface area contributed by atoms with Crippen molar-refractivity contribution in [3.05, 3.63) is 80.6 Å². The van der Waals surface area contributed by atoms with Gasteiger partial charge in [0.15, 0.2) is 11.5 Å². The fourth-order valence-corrected chi connectivity index (χ4v) is 2.94. The number of amides is 1. The topological polar surface area (TPSA) is 126 Å². The molecule has 0 saturated carbocycles. The Bertz CT molecular complexity index is 1160. The Morgan fingerprint density at radius 1 is 1.10 bits per heavy atom. The summed E-state index contributed by atoms with van der Waals surface area (Å²) in [5.74, 6) is -0.356. The molecule has 1 N–H and O–H groups in total. The highest BCUT2D eigenvalue weighted by atomic mass is 16.6. The minimum absolute atomic E-state index is 0.0372. The summed E-state index contributed by atoms with van der Waals surface area (Å²) in [6.07, 6.45) is 0. The lowest BCUT2D eigenvalue weighted by Crippen LogP contribution is -2.32. The van der Waals surface area contributed by atoms with Crippen LogP contribution < -0.4 is 20.3 Å². The average Bonchev–Trinajstić information content (AvgIpc) is 2.79. The van der Waals surface area contributed by atoms with E-state index >= 15 is 0 Å². The van der Waals surface area contributed by atoms with E-state index in [-0.39, 0.29) is 35.7 Å². The number of carbonyl (C=O) groups is 1. The zero-order valence-electron chi connectivity index (χ0n) is 16.9. The van der Waals surface area contributed by atoms with Crippen molar-refractivity contribution >= 4 is 11.6 Å². The molecule has 0 aliphatic carbocycles. The molecule has 0 saturated heterocycles. The molecular weight excluding hydrogens is 404 g/mol. The molecule has 3 aromatic rings. The number of nitro benzene ring substituents is 1. The first-order valence-corrected chi connectivity index (χ1v) is 9.26. The van der Waals surface area contributed by atoms with E-state index in [4.69, 9.17) is 9.47 Å². The van der Waals surface area contributed by atoms with Crippen molar-refractivity contribution in [2.24, 2.45) is 0 Å². The monoisotopic (exact) mass is 424 g/mol. The summed E-state index contributed by atoms with van der Waals surface area (Å²) in [6, 6.07) is 14.7. The third-order valence-corrected chi connectivity index (χ3v) is 4.49. The molecule has 0 atom stereocenters. The third kappa shape index (κ3) is 4.86. The van der Waals surface area contributed by atoms with Crippen LogP contribution in [-0.4, -0.2) is 41.4 Å². The molecule has 0 radical (unpaired) electrons. The number of aromatic nitrogens is 2. The first-order valence-electron chi connectivity index (χ1n) is 9.26. The van der Waals surface area contributed by atoms with Crippen LogP contribution in [0, 0.1) is 10.1 Å². The van der Waals surface area contributed by atoms with Crippen LogP contribution >= 0.6 is 0 Å². The predicted molar refractivity (Wildman–Crippen MR) is 112 cm³/mol. The molecule has 0 fully saturated rings. The van der Waals surface area contributed by atoms with Gasteiger partial charge in [0.25, 0.3) is 17.2 Å². The Morgan fingerprint density at radius 2 is 1.77 bits per heavy atom. The fraction of sp³-hybridized carbons (Fsp3) is 0.190. The Morgan fingerprint density at radius 3 is 2.42 bits per heavy atom. The quantitative estimate of drug-likeness (QED) is 0.434. The standard InChI is InChI=1S/C21H20N4O6/c1-30-18-12-15(17(25(28)29)13-19(18)31-2)21(27)22-10-11-24-20(26)9-8-16(23-24)14-6-4-3-5-7-14/h3-9,12-13H,10-11H2,1-2H3,(H,22,27). The van der Waals surface area contributed by atoms with Crippen molar-refractivity contribution in [3.8, 4) is 22.8 Å². The molecule has 0 spiro atoms. The SMILES string of the molecule is COc1cc(C(=O)NCCn2nc(-c3ccccc3)ccc2=O)c([N+](=O)[O-])cc1OC. The number of methoxy groups -OCH3 is 2. The minimum atomic E-state index is -0.681. The largest absolute Gasteiger partial charge is 0.493 e. The number of nitrogens with one attached hydrogen (secondary N) is 1. The van der Waals surface area contributed by atoms with Gasteiger partial charge in [-0.25, -0.2) is 4.68 Å². The average molecular weight is 424 g/mol. The highest BCUT2D eigenvalue weighted by Crippen LogP contribution is 2.34. The van der Waals surface area contributed by atoms with Gasteiger partial charge in [0, 0.05) is 24.2 Å². The zero-order chi connectivity index (χ0) is 22.4. The number of nitrogens with zero attached hydrogens (tertiary/aromatic N) is 3. The van der Waals surface area contributed by atoms with E-state index in [2.05, 4.69) is 10.4 Å².